The van der Waals surface area contributed by atoms with Gasteiger partial charge in [-0.15, -0.1) is 0 Å². The Balaban J connectivity index is 2.21. The van der Waals surface area contributed by atoms with Crippen molar-refractivity contribution in [2.45, 2.75) is 39.3 Å². The van der Waals surface area contributed by atoms with E-state index in [2.05, 4.69) is 4.72 Å². The third-order valence-corrected chi connectivity index (χ3v) is 4.80. The quantitative estimate of drug-likeness (QED) is 0.803. The van der Waals surface area contributed by atoms with Crippen molar-refractivity contribution in [2.24, 2.45) is 11.7 Å². The molecule has 0 unspecified atom stereocenters. The molecule has 2 rings (SSSR count). The van der Waals surface area contributed by atoms with Gasteiger partial charge in [-0.1, -0.05) is 26.0 Å². The fourth-order valence-electron chi connectivity index (χ4n) is 1.98. The first-order valence-corrected chi connectivity index (χ1v) is 8.46. The summed E-state index contributed by atoms with van der Waals surface area (Å²) in [5, 5.41) is 0. The molecule has 0 amide bonds. The molecule has 1 aromatic carbocycles. The average Bonchev–Trinajstić information content (AvgIpc) is 3.22. The van der Waals surface area contributed by atoms with Crippen LogP contribution in [-0.4, -0.2) is 21.0 Å². The van der Waals surface area contributed by atoms with Crippen LogP contribution in [0.2, 0.25) is 0 Å². The van der Waals surface area contributed by atoms with E-state index in [-0.39, 0.29) is 12.0 Å². The summed E-state index contributed by atoms with van der Waals surface area (Å²) in [5.74, 6) is 0.283. The Morgan fingerprint density at radius 2 is 1.90 bits per heavy atom. The summed E-state index contributed by atoms with van der Waals surface area (Å²) in [5.41, 5.74) is 7.28. The highest BCUT2D eigenvalue weighted by atomic mass is 32.2. The summed E-state index contributed by atoms with van der Waals surface area (Å²) in [4.78, 5) is 0. The van der Waals surface area contributed by atoms with Crippen molar-refractivity contribution < 1.29 is 8.42 Å². The molecular weight excluding hydrogens is 274 g/mol. The topological polar surface area (TPSA) is 75.4 Å². The van der Waals surface area contributed by atoms with Gasteiger partial charge in [0.25, 0.3) is 0 Å². The molecule has 0 heterocycles. The summed E-state index contributed by atoms with van der Waals surface area (Å²) in [6.07, 6.45) is 1.84. The minimum Gasteiger partial charge on any atom is -0.326 e. The van der Waals surface area contributed by atoms with Crippen LogP contribution in [0.1, 0.15) is 32.3 Å². The zero-order valence-electron chi connectivity index (χ0n) is 12.0. The summed E-state index contributed by atoms with van der Waals surface area (Å²) < 4.78 is 29.1. The standard InChI is InChI=1S/C14H23N3O2S/c1-11(2)10-16-20(18,19)17(14-7-8-14)13-5-3-12(9-15)4-6-13/h3-6,11,14,16H,7-10,15H2,1-2H3. The SMILES string of the molecule is CC(C)CNS(=O)(=O)N(c1ccc(CN)cc1)C1CC1. The summed E-state index contributed by atoms with van der Waals surface area (Å²) in [7, 11) is -3.47. The monoisotopic (exact) mass is 297 g/mol. The van der Waals surface area contributed by atoms with Crippen molar-refractivity contribution in [1.82, 2.24) is 4.72 Å². The third-order valence-electron chi connectivity index (χ3n) is 3.24. The van der Waals surface area contributed by atoms with Gasteiger partial charge in [0, 0.05) is 19.1 Å². The normalized spacial score (nSPS) is 15.6. The number of rotatable bonds is 7. The molecule has 6 heteroatoms. The second-order valence-corrected chi connectivity index (χ2v) is 7.28. The Bertz CT molecular complexity index is 536. The summed E-state index contributed by atoms with van der Waals surface area (Å²) in [6, 6.07) is 7.50. The zero-order chi connectivity index (χ0) is 14.8. The molecule has 0 radical (unpaired) electrons. The minimum atomic E-state index is -3.47. The Morgan fingerprint density at radius 3 is 2.35 bits per heavy atom. The van der Waals surface area contributed by atoms with Crippen LogP contribution in [0.4, 0.5) is 5.69 Å². The third kappa shape index (κ3) is 3.71. The van der Waals surface area contributed by atoms with E-state index >= 15 is 0 Å². The van der Waals surface area contributed by atoms with E-state index < -0.39 is 10.2 Å². The van der Waals surface area contributed by atoms with Crippen molar-refractivity contribution in [2.75, 3.05) is 10.8 Å². The van der Waals surface area contributed by atoms with Gasteiger partial charge in [-0.2, -0.15) is 13.1 Å². The first kappa shape index (κ1) is 15.3. The maximum Gasteiger partial charge on any atom is 0.301 e. The number of benzene rings is 1. The molecule has 5 nitrogen and oxygen atoms in total. The smallest absolute Gasteiger partial charge is 0.301 e. The predicted molar refractivity (Wildman–Crippen MR) is 81.6 cm³/mol. The first-order chi connectivity index (χ1) is 9.44. The molecule has 1 fully saturated rings. The van der Waals surface area contributed by atoms with Crippen LogP contribution in [0.15, 0.2) is 24.3 Å². The Morgan fingerprint density at radius 1 is 1.30 bits per heavy atom. The highest BCUT2D eigenvalue weighted by molar-refractivity contribution is 7.90. The fraction of sp³-hybridized carbons (Fsp3) is 0.571. The van der Waals surface area contributed by atoms with Gasteiger partial charge in [0.15, 0.2) is 0 Å². The predicted octanol–water partition coefficient (Wildman–Crippen LogP) is 1.60. The minimum absolute atomic E-state index is 0.0865. The lowest BCUT2D eigenvalue weighted by molar-refractivity contribution is 0.555. The van der Waals surface area contributed by atoms with Crippen LogP contribution in [0, 0.1) is 5.92 Å². The second kappa shape index (κ2) is 6.11. The molecule has 0 aliphatic heterocycles. The molecule has 0 aromatic heterocycles. The highest BCUT2D eigenvalue weighted by Crippen LogP contribution is 2.33. The van der Waals surface area contributed by atoms with Crippen molar-refractivity contribution in [3.63, 3.8) is 0 Å². The van der Waals surface area contributed by atoms with Gasteiger partial charge >= 0.3 is 10.2 Å². The van der Waals surface area contributed by atoms with Gasteiger partial charge in [-0.05, 0) is 36.5 Å². The lowest BCUT2D eigenvalue weighted by atomic mass is 10.2. The molecule has 0 atom stereocenters. The molecule has 1 aromatic rings. The van der Waals surface area contributed by atoms with Gasteiger partial charge in [0.2, 0.25) is 0 Å². The van der Waals surface area contributed by atoms with E-state index in [4.69, 9.17) is 5.73 Å². The van der Waals surface area contributed by atoms with Gasteiger partial charge in [0.05, 0.1) is 5.69 Å². The first-order valence-electron chi connectivity index (χ1n) is 7.02. The van der Waals surface area contributed by atoms with Crippen molar-refractivity contribution >= 4 is 15.9 Å². The lowest BCUT2D eigenvalue weighted by Crippen LogP contribution is -2.43. The molecule has 0 bridgehead atoms. The zero-order valence-corrected chi connectivity index (χ0v) is 12.9. The molecule has 1 aliphatic rings. The van der Waals surface area contributed by atoms with Crippen LogP contribution in [-0.2, 0) is 16.8 Å². The van der Waals surface area contributed by atoms with Crippen molar-refractivity contribution in [3.05, 3.63) is 29.8 Å². The maximum atomic E-state index is 12.5. The second-order valence-electron chi connectivity index (χ2n) is 5.64. The molecule has 0 saturated heterocycles. The lowest BCUT2D eigenvalue weighted by Gasteiger charge is -2.25. The van der Waals surface area contributed by atoms with E-state index in [1.54, 1.807) is 0 Å². The molecule has 20 heavy (non-hydrogen) atoms. The summed E-state index contributed by atoms with van der Waals surface area (Å²) >= 11 is 0. The van der Waals surface area contributed by atoms with Crippen LogP contribution >= 0.6 is 0 Å². The highest BCUT2D eigenvalue weighted by Gasteiger charge is 2.37. The number of nitrogens with zero attached hydrogens (tertiary/aromatic N) is 1. The average molecular weight is 297 g/mol. The van der Waals surface area contributed by atoms with Crippen molar-refractivity contribution in [1.29, 1.82) is 0 Å². The van der Waals surface area contributed by atoms with Crippen LogP contribution < -0.4 is 14.8 Å². The molecule has 3 N–H and O–H groups in total. The number of hydrogen-bond donors (Lipinski definition) is 2. The fourth-order valence-corrected chi connectivity index (χ4v) is 3.66. The van der Waals surface area contributed by atoms with Gasteiger partial charge < -0.3 is 5.73 Å². The number of hydrogen-bond acceptors (Lipinski definition) is 3. The molecule has 112 valence electrons. The number of nitrogens with one attached hydrogen (secondary N) is 1. The van der Waals surface area contributed by atoms with Crippen molar-refractivity contribution in [3.8, 4) is 0 Å². The van der Waals surface area contributed by atoms with Gasteiger partial charge in [-0.25, -0.2) is 0 Å². The van der Waals surface area contributed by atoms with E-state index in [9.17, 15) is 8.42 Å². The molecule has 1 saturated carbocycles. The maximum absolute atomic E-state index is 12.5. The Labute approximate surface area is 121 Å². The van der Waals surface area contributed by atoms with Gasteiger partial charge in [0.1, 0.15) is 0 Å². The van der Waals surface area contributed by atoms with E-state index in [0.717, 1.165) is 18.4 Å². The Kier molecular flexibility index (Phi) is 4.67. The largest absolute Gasteiger partial charge is 0.326 e. The van der Waals surface area contributed by atoms with E-state index in [1.807, 2.05) is 38.1 Å². The number of anilines is 1. The van der Waals surface area contributed by atoms with Gasteiger partial charge in [-0.3, -0.25) is 4.31 Å². The van der Waals surface area contributed by atoms with Crippen LogP contribution in [0.25, 0.3) is 0 Å². The molecule has 1 aliphatic carbocycles. The van der Waals surface area contributed by atoms with Crippen LogP contribution in [0.3, 0.4) is 0 Å². The summed E-state index contributed by atoms with van der Waals surface area (Å²) in [6.45, 7) is 4.88. The number of nitrogens with two attached hydrogens (primary N) is 1. The molecular formula is C14H23N3O2S. The van der Waals surface area contributed by atoms with E-state index in [1.165, 1.54) is 4.31 Å². The Hall–Kier alpha value is -1.11. The molecule has 0 spiro atoms. The van der Waals surface area contributed by atoms with E-state index in [0.29, 0.717) is 18.8 Å². The van der Waals surface area contributed by atoms with Crippen LogP contribution in [0.5, 0.6) is 0 Å².